The Morgan fingerprint density at radius 2 is 2.00 bits per heavy atom. The molecule has 0 aliphatic carbocycles. The van der Waals surface area contributed by atoms with E-state index in [0.717, 1.165) is 5.56 Å². The van der Waals surface area contributed by atoms with Gasteiger partial charge in [-0.05, 0) is 17.7 Å². The monoisotopic (exact) mass is 251 g/mol. The number of nitriles is 1. The number of hydrogen-bond acceptors (Lipinski definition) is 3. The molecule has 0 saturated carbocycles. The zero-order valence-electron chi connectivity index (χ0n) is 10.5. The molecule has 0 fully saturated rings. The fourth-order valence-corrected chi connectivity index (χ4v) is 1.83. The average Bonchev–Trinajstić information content (AvgIpc) is 2.49. The van der Waals surface area contributed by atoms with Gasteiger partial charge in [0.15, 0.2) is 0 Å². The standard InChI is InChI=1S/C15H13N3O/c1-18(15(19)13-8-5-9-17-11-13)14(10-16)12-6-3-2-4-7-12/h2-9,11,14H,1H3. The van der Waals surface area contributed by atoms with E-state index >= 15 is 0 Å². The van der Waals surface area contributed by atoms with E-state index in [1.54, 1.807) is 25.4 Å². The van der Waals surface area contributed by atoms with E-state index in [-0.39, 0.29) is 5.91 Å². The molecule has 4 nitrogen and oxygen atoms in total. The van der Waals surface area contributed by atoms with Crippen LogP contribution in [0.4, 0.5) is 0 Å². The van der Waals surface area contributed by atoms with E-state index < -0.39 is 6.04 Å². The van der Waals surface area contributed by atoms with Crippen LogP contribution in [-0.2, 0) is 0 Å². The number of carbonyl (C=O) groups is 1. The van der Waals surface area contributed by atoms with Crippen LogP contribution in [0.3, 0.4) is 0 Å². The van der Waals surface area contributed by atoms with Gasteiger partial charge in [-0.3, -0.25) is 9.78 Å². The molecule has 2 rings (SSSR count). The van der Waals surface area contributed by atoms with Crippen LogP contribution < -0.4 is 0 Å². The van der Waals surface area contributed by atoms with Gasteiger partial charge in [0.25, 0.3) is 5.91 Å². The van der Waals surface area contributed by atoms with Crippen molar-refractivity contribution in [1.29, 1.82) is 5.26 Å². The molecule has 1 aromatic carbocycles. The summed E-state index contributed by atoms with van der Waals surface area (Å²) in [5, 5.41) is 9.29. The third-order valence-electron chi connectivity index (χ3n) is 2.85. The van der Waals surface area contributed by atoms with Crippen molar-refractivity contribution in [2.24, 2.45) is 0 Å². The minimum atomic E-state index is -0.603. The SMILES string of the molecule is CN(C(=O)c1cccnc1)C(C#N)c1ccccc1. The third-order valence-corrected chi connectivity index (χ3v) is 2.85. The molecule has 4 heteroatoms. The molecule has 94 valence electrons. The van der Waals surface area contributed by atoms with Gasteiger partial charge in [0.2, 0.25) is 0 Å². The second-order valence-corrected chi connectivity index (χ2v) is 4.10. The lowest BCUT2D eigenvalue weighted by atomic mass is 10.1. The van der Waals surface area contributed by atoms with Crippen LogP contribution in [0.15, 0.2) is 54.9 Å². The summed E-state index contributed by atoms with van der Waals surface area (Å²) in [5.74, 6) is -0.219. The van der Waals surface area contributed by atoms with Gasteiger partial charge in [0.05, 0.1) is 11.6 Å². The Morgan fingerprint density at radius 3 is 2.58 bits per heavy atom. The minimum Gasteiger partial charge on any atom is -0.322 e. The summed E-state index contributed by atoms with van der Waals surface area (Å²) in [6.45, 7) is 0. The molecule has 0 bridgehead atoms. The van der Waals surface area contributed by atoms with Crippen LogP contribution in [0.5, 0.6) is 0 Å². The summed E-state index contributed by atoms with van der Waals surface area (Å²) >= 11 is 0. The lowest BCUT2D eigenvalue weighted by Crippen LogP contribution is -2.30. The van der Waals surface area contributed by atoms with Crippen LogP contribution in [-0.4, -0.2) is 22.8 Å². The largest absolute Gasteiger partial charge is 0.322 e. The second kappa shape index (κ2) is 5.78. The first kappa shape index (κ1) is 12.8. The number of nitrogens with zero attached hydrogens (tertiary/aromatic N) is 3. The average molecular weight is 251 g/mol. The Morgan fingerprint density at radius 1 is 1.26 bits per heavy atom. The highest BCUT2D eigenvalue weighted by Gasteiger charge is 2.22. The van der Waals surface area contributed by atoms with Gasteiger partial charge < -0.3 is 4.90 Å². The smallest absolute Gasteiger partial charge is 0.256 e. The number of aromatic nitrogens is 1. The number of carbonyl (C=O) groups excluding carboxylic acids is 1. The predicted octanol–water partition coefficient (Wildman–Crippen LogP) is 2.42. The van der Waals surface area contributed by atoms with Gasteiger partial charge in [-0.2, -0.15) is 5.26 Å². The van der Waals surface area contributed by atoms with Gasteiger partial charge >= 0.3 is 0 Å². The second-order valence-electron chi connectivity index (χ2n) is 4.10. The normalized spacial score (nSPS) is 11.4. The van der Waals surface area contributed by atoms with Crippen LogP contribution in [0.2, 0.25) is 0 Å². The minimum absolute atomic E-state index is 0.219. The molecule has 0 aliphatic heterocycles. The molecule has 0 spiro atoms. The number of hydrogen-bond donors (Lipinski definition) is 0. The highest BCUT2D eigenvalue weighted by molar-refractivity contribution is 5.94. The van der Waals surface area contributed by atoms with Crippen molar-refractivity contribution in [3.8, 4) is 6.07 Å². The third kappa shape index (κ3) is 2.78. The summed E-state index contributed by atoms with van der Waals surface area (Å²) in [5.41, 5.74) is 1.27. The highest BCUT2D eigenvalue weighted by atomic mass is 16.2. The maximum absolute atomic E-state index is 12.3. The lowest BCUT2D eigenvalue weighted by Gasteiger charge is -2.22. The van der Waals surface area contributed by atoms with Gasteiger partial charge in [-0.25, -0.2) is 0 Å². The first-order chi connectivity index (χ1) is 9.24. The van der Waals surface area contributed by atoms with Crippen molar-refractivity contribution < 1.29 is 4.79 Å². The van der Waals surface area contributed by atoms with E-state index in [2.05, 4.69) is 11.1 Å². The van der Waals surface area contributed by atoms with Crippen molar-refractivity contribution in [2.45, 2.75) is 6.04 Å². The summed E-state index contributed by atoms with van der Waals surface area (Å²) in [7, 11) is 1.62. The lowest BCUT2D eigenvalue weighted by molar-refractivity contribution is 0.0763. The number of pyridine rings is 1. The van der Waals surface area contributed by atoms with Crippen LogP contribution >= 0.6 is 0 Å². The Labute approximate surface area is 111 Å². The Bertz CT molecular complexity index is 590. The quantitative estimate of drug-likeness (QED) is 0.841. The summed E-state index contributed by atoms with van der Waals surface area (Å²) in [6, 6.07) is 14.2. The molecule has 1 heterocycles. The number of amides is 1. The zero-order chi connectivity index (χ0) is 13.7. The van der Waals surface area contributed by atoms with Crippen molar-refractivity contribution in [3.05, 3.63) is 66.0 Å². The fraction of sp³-hybridized carbons (Fsp3) is 0.133. The summed E-state index contributed by atoms with van der Waals surface area (Å²) in [4.78, 5) is 17.6. The zero-order valence-corrected chi connectivity index (χ0v) is 10.5. The maximum atomic E-state index is 12.3. The molecule has 2 aromatic rings. The molecule has 0 N–H and O–H groups in total. The summed E-state index contributed by atoms with van der Waals surface area (Å²) in [6.07, 6.45) is 3.11. The van der Waals surface area contributed by atoms with Gasteiger partial charge in [0, 0.05) is 19.4 Å². The Balaban J connectivity index is 2.26. The van der Waals surface area contributed by atoms with E-state index in [0.29, 0.717) is 5.56 Å². The molecular formula is C15H13N3O. The molecule has 0 saturated heterocycles. The number of rotatable bonds is 3. The Kier molecular flexibility index (Phi) is 3.89. The van der Waals surface area contributed by atoms with Crippen LogP contribution in [0.1, 0.15) is 22.0 Å². The van der Waals surface area contributed by atoms with Crippen LogP contribution in [0.25, 0.3) is 0 Å². The molecule has 1 unspecified atom stereocenters. The highest BCUT2D eigenvalue weighted by Crippen LogP contribution is 2.20. The summed E-state index contributed by atoms with van der Waals surface area (Å²) < 4.78 is 0. The van der Waals surface area contributed by atoms with Crippen molar-refractivity contribution >= 4 is 5.91 Å². The molecule has 1 amide bonds. The molecule has 19 heavy (non-hydrogen) atoms. The van der Waals surface area contributed by atoms with E-state index in [9.17, 15) is 10.1 Å². The van der Waals surface area contributed by atoms with E-state index in [4.69, 9.17) is 0 Å². The van der Waals surface area contributed by atoms with Gasteiger partial charge in [-0.15, -0.1) is 0 Å². The molecule has 0 radical (unpaired) electrons. The van der Waals surface area contributed by atoms with Crippen molar-refractivity contribution in [1.82, 2.24) is 9.88 Å². The van der Waals surface area contributed by atoms with Crippen molar-refractivity contribution in [3.63, 3.8) is 0 Å². The molecule has 0 aliphatic rings. The maximum Gasteiger partial charge on any atom is 0.256 e. The van der Waals surface area contributed by atoms with E-state index in [1.807, 2.05) is 30.3 Å². The molecule has 1 aromatic heterocycles. The fourth-order valence-electron chi connectivity index (χ4n) is 1.83. The Hall–Kier alpha value is -2.67. The first-order valence-electron chi connectivity index (χ1n) is 5.86. The predicted molar refractivity (Wildman–Crippen MR) is 71.1 cm³/mol. The molecular weight excluding hydrogens is 238 g/mol. The van der Waals surface area contributed by atoms with E-state index in [1.165, 1.54) is 11.1 Å². The topological polar surface area (TPSA) is 57.0 Å². The van der Waals surface area contributed by atoms with Gasteiger partial charge in [0.1, 0.15) is 6.04 Å². The number of benzene rings is 1. The van der Waals surface area contributed by atoms with Crippen LogP contribution in [0, 0.1) is 11.3 Å². The molecule has 1 atom stereocenters. The van der Waals surface area contributed by atoms with Crippen molar-refractivity contribution in [2.75, 3.05) is 7.05 Å². The first-order valence-corrected chi connectivity index (χ1v) is 5.86. The van der Waals surface area contributed by atoms with Gasteiger partial charge in [-0.1, -0.05) is 30.3 Å².